The zero-order chi connectivity index (χ0) is 24.9. The van der Waals surface area contributed by atoms with Crippen LogP contribution < -0.4 is 24.3 Å². The maximum absolute atomic E-state index is 6.20. The Hall–Kier alpha value is -2.87. The van der Waals surface area contributed by atoms with Crippen molar-refractivity contribution in [3.05, 3.63) is 75.8 Å². The van der Waals surface area contributed by atoms with E-state index in [4.69, 9.17) is 54.4 Å². The number of nitrogens with zero attached hydrogens (tertiary/aromatic N) is 1. The van der Waals surface area contributed by atoms with Crippen molar-refractivity contribution in [2.75, 3.05) is 39.8 Å². The van der Waals surface area contributed by atoms with Gasteiger partial charge in [0, 0.05) is 12.2 Å². The van der Waals surface area contributed by atoms with Gasteiger partial charge in [0.25, 0.3) is 0 Å². The van der Waals surface area contributed by atoms with E-state index >= 15 is 0 Å². The number of rotatable bonds is 7. The number of anilines is 1. The standard InChI is InChI=1S/C26H26Cl2N2O4S/c1-31-18-5-7-19(8-6-18)34-15-23-20-14-25(33-3)24(32-2)12-16(20)10-11-30(23)26(35)29-17-4-9-21(27)22(28)13-17/h4-9,12-14,23H,10-11,15H2,1-3H3,(H,29,35)/t23-/m1/s1. The van der Waals surface area contributed by atoms with Crippen LogP contribution >= 0.6 is 35.4 Å². The average Bonchev–Trinajstić information content (AvgIpc) is 2.88. The van der Waals surface area contributed by atoms with Crippen LogP contribution in [0.15, 0.2) is 54.6 Å². The minimum Gasteiger partial charge on any atom is -0.497 e. The lowest BCUT2D eigenvalue weighted by molar-refractivity contribution is 0.190. The Balaban J connectivity index is 1.63. The molecule has 6 nitrogen and oxygen atoms in total. The van der Waals surface area contributed by atoms with E-state index in [0.29, 0.717) is 39.8 Å². The molecule has 184 valence electrons. The Labute approximate surface area is 220 Å². The molecule has 1 aliphatic rings. The van der Waals surface area contributed by atoms with Gasteiger partial charge in [-0.3, -0.25) is 0 Å². The van der Waals surface area contributed by atoms with Gasteiger partial charge >= 0.3 is 0 Å². The second-order valence-corrected chi connectivity index (χ2v) is 9.11. The molecule has 0 unspecified atom stereocenters. The van der Waals surface area contributed by atoms with Crippen LogP contribution in [0.4, 0.5) is 5.69 Å². The fourth-order valence-electron chi connectivity index (χ4n) is 4.07. The minimum atomic E-state index is -0.163. The van der Waals surface area contributed by atoms with Gasteiger partial charge in [0.05, 0.1) is 37.4 Å². The predicted octanol–water partition coefficient (Wildman–Crippen LogP) is 6.39. The maximum Gasteiger partial charge on any atom is 0.174 e. The zero-order valence-corrected chi connectivity index (χ0v) is 22.0. The third kappa shape index (κ3) is 5.69. The number of methoxy groups -OCH3 is 3. The van der Waals surface area contributed by atoms with Gasteiger partial charge in [-0.25, -0.2) is 0 Å². The number of ether oxygens (including phenoxy) is 4. The molecule has 0 radical (unpaired) electrons. The second kappa shape index (κ2) is 11.2. The first kappa shape index (κ1) is 25.2. The van der Waals surface area contributed by atoms with Crippen LogP contribution in [0.5, 0.6) is 23.0 Å². The summed E-state index contributed by atoms with van der Waals surface area (Å²) in [6.07, 6.45) is 0.790. The van der Waals surface area contributed by atoms with Crippen LogP contribution in [0.1, 0.15) is 17.2 Å². The highest BCUT2D eigenvalue weighted by atomic mass is 35.5. The quantitative estimate of drug-likeness (QED) is 0.353. The molecule has 35 heavy (non-hydrogen) atoms. The van der Waals surface area contributed by atoms with E-state index in [1.807, 2.05) is 42.5 Å². The molecule has 0 spiro atoms. The summed E-state index contributed by atoms with van der Waals surface area (Å²) in [5.74, 6) is 2.87. The van der Waals surface area contributed by atoms with Gasteiger partial charge in [-0.15, -0.1) is 0 Å². The largest absolute Gasteiger partial charge is 0.497 e. The third-order valence-corrected chi connectivity index (χ3v) is 6.98. The van der Waals surface area contributed by atoms with Gasteiger partial charge in [0.15, 0.2) is 16.6 Å². The molecule has 1 atom stereocenters. The lowest BCUT2D eigenvalue weighted by atomic mass is 9.92. The first-order chi connectivity index (χ1) is 16.9. The molecule has 3 aromatic carbocycles. The molecule has 1 heterocycles. The molecule has 0 amide bonds. The zero-order valence-electron chi connectivity index (χ0n) is 19.6. The fraction of sp³-hybridized carbons (Fsp3) is 0.269. The first-order valence-electron chi connectivity index (χ1n) is 11.0. The Morgan fingerprint density at radius 3 is 2.26 bits per heavy atom. The van der Waals surface area contributed by atoms with Crippen LogP contribution in [0, 0.1) is 0 Å². The van der Waals surface area contributed by atoms with Gasteiger partial charge in [-0.1, -0.05) is 23.2 Å². The van der Waals surface area contributed by atoms with Crippen molar-refractivity contribution in [2.45, 2.75) is 12.5 Å². The lowest BCUT2D eigenvalue weighted by Gasteiger charge is -2.39. The molecule has 0 saturated heterocycles. The van der Waals surface area contributed by atoms with Crippen molar-refractivity contribution in [3.63, 3.8) is 0 Å². The number of halogens is 2. The van der Waals surface area contributed by atoms with Crippen molar-refractivity contribution >= 4 is 46.2 Å². The molecule has 4 rings (SSSR count). The van der Waals surface area contributed by atoms with E-state index in [1.165, 1.54) is 5.56 Å². The molecule has 0 bridgehead atoms. The smallest absolute Gasteiger partial charge is 0.174 e. The lowest BCUT2D eigenvalue weighted by Crippen LogP contribution is -2.44. The Morgan fingerprint density at radius 1 is 0.914 bits per heavy atom. The molecule has 3 aromatic rings. The van der Waals surface area contributed by atoms with Gasteiger partial charge in [-0.2, -0.15) is 0 Å². The van der Waals surface area contributed by atoms with Crippen molar-refractivity contribution in [2.24, 2.45) is 0 Å². The molecular weight excluding hydrogens is 507 g/mol. The average molecular weight is 533 g/mol. The number of hydrogen-bond donors (Lipinski definition) is 1. The summed E-state index contributed by atoms with van der Waals surface area (Å²) >= 11 is 18.1. The van der Waals surface area contributed by atoms with Gasteiger partial charge < -0.3 is 29.2 Å². The summed E-state index contributed by atoms with van der Waals surface area (Å²) < 4.78 is 22.5. The third-order valence-electron chi connectivity index (χ3n) is 5.90. The molecular formula is C26H26Cl2N2O4S. The van der Waals surface area contributed by atoms with Crippen LogP contribution in [0.3, 0.4) is 0 Å². The monoisotopic (exact) mass is 532 g/mol. The Bertz CT molecular complexity index is 1210. The SMILES string of the molecule is COc1ccc(OC[C@@H]2c3cc(OC)c(OC)cc3CCN2C(=S)Nc2ccc(Cl)c(Cl)c2)cc1. The maximum atomic E-state index is 6.20. The summed E-state index contributed by atoms with van der Waals surface area (Å²) in [6, 6.07) is 16.7. The minimum absolute atomic E-state index is 0.163. The molecule has 9 heteroatoms. The van der Waals surface area contributed by atoms with Crippen LogP contribution in [0.25, 0.3) is 0 Å². The summed E-state index contributed by atoms with van der Waals surface area (Å²) in [7, 11) is 4.90. The van der Waals surface area contributed by atoms with E-state index in [9.17, 15) is 0 Å². The molecule has 0 aliphatic carbocycles. The molecule has 1 aliphatic heterocycles. The van der Waals surface area contributed by atoms with Gasteiger partial charge in [0.2, 0.25) is 0 Å². The number of nitrogens with one attached hydrogen (secondary N) is 1. The summed E-state index contributed by atoms with van der Waals surface area (Å²) in [4.78, 5) is 2.12. The Morgan fingerprint density at radius 2 is 1.60 bits per heavy atom. The Kier molecular flexibility index (Phi) is 8.11. The number of fused-ring (bicyclic) bond motifs is 1. The van der Waals surface area contributed by atoms with Crippen molar-refractivity contribution in [3.8, 4) is 23.0 Å². The predicted molar refractivity (Wildman–Crippen MR) is 144 cm³/mol. The highest BCUT2D eigenvalue weighted by Crippen LogP contribution is 2.39. The topological polar surface area (TPSA) is 52.2 Å². The first-order valence-corrected chi connectivity index (χ1v) is 12.1. The summed E-state index contributed by atoms with van der Waals surface area (Å²) in [6.45, 7) is 1.07. The number of thiocarbonyl (C=S) groups is 1. The fourth-order valence-corrected chi connectivity index (χ4v) is 4.70. The molecule has 0 fully saturated rings. The normalized spacial score (nSPS) is 14.7. The van der Waals surface area contributed by atoms with Gasteiger partial charge in [0.1, 0.15) is 18.1 Å². The van der Waals surface area contributed by atoms with Crippen LogP contribution in [0.2, 0.25) is 10.0 Å². The molecule has 0 aromatic heterocycles. The highest BCUT2D eigenvalue weighted by Gasteiger charge is 2.31. The van der Waals surface area contributed by atoms with E-state index in [1.54, 1.807) is 33.5 Å². The van der Waals surface area contributed by atoms with Crippen molar-refractivity contribution in [1.29, 1.82) is 0 Å². The van der Waals surface area contributed by atoms with E-state index < -0.39 is 0 Å². The van der Waals surface area contributed by atoms with E-state index in [2.05, 4.69) is 10.2 Å². The summed E-state index contributed by atoms with van der Waals surface area (Å²) in [5.41, 5.74) is 3.00. The van der Waals surface area contributed by atoms with E-state index in [0.717, 1.165) is 29.2 Å². The van der Waals surface area contributed by atoms with Crippen LogP contribution in [-0.2, 0) is 6.42 Å². The number of hydrogen-bond acceptors (Lipinski definition) is 5. The molecule has 1 N–H and O–H groups in total. The second-order valence-electron chi connectivity index (χ2n) is 7.91. The van der Waals surface area contributed by atoms with E-state index in [-0.39, 0.29) is 6.04 Å². The molecule has 0 saturated carbocycles. The van der Waals surface area contributed by atoms with Crippen LogP contribution in [-0.4, -0.2) is 44.5 Å². The summed E-state index contributed by atoms with van der Waals surface area (Å²) in [5, 5.41) is 4.80. The van der Waals surface area contributed by atoms with Gasteiger partial charge in [-0.05, 0) is 84.4 Å². The van der Waals surface area contributed by atoms with Crippen molar-refractivity contribution in [1.82, 2.24) is 4.90 Å². The highest BCUT2D eigenvalue weighted by molar-refractivity contribution is 7.80. The number of benzene rings is 3. The van der Waals surface area contributed by atoms with Crippen molar-refractivity contribution < 1.29 is 18.9 Å².